The Bertz CT molecular complexity index is 1840. The van der Waals surface area contributed by atoms with Crippen molar-refractivity contribution in [1.82, 2.24) is 39.0 Å². The number of nitrogen functional groups attached to an aromatic ring is 2. The number of halogens is 1. The molecule has 4 aromatic heterocycles. The number of phosphoric acid groups is 1. The van der Waals surface area contributed by atoms with Gasteiger partial charge in [-0.2, -0.15) is 9.88 Å². The second-order valence-electron chi connectivity index (χ2n) is 9.94. The quantitative estimate of drug-likeness (QED) is 0.106. The Morgan fingerprint density at radius 2 is 1.89 bits per heavy atom. The molecule has 0 amide bonds. The monoisotopic (exact) mass is 675 g/mol. The zero-order valence-corrected chi connectivity index (χ0v) is 24.6. The van der Waals surface area contributed by atoms with Gasteiger partial charge in [-0.3, -0.25) is 28.0 Å². The Balaban J connectivity index is 1.16. The van der Waals surface area contributed by atoms with E-state index in [9.17, 15) is 28.8 Å². The van der Waals surface area contributed by atoms with Crippen LogP contribution < -0.4 is 17.0 Å². The number of aliphatic hydroxyl groups is 1. The maximum absolute atomic E-state index is 15.7. The maximum Gasteiger partial charge on any atom is 0.534 e. The number of aromatic nitrogens is 8. The van der Waals surface area contributed by atoms with Crippen molar-refractivity contribution in [2.45, 2.75) is 49.5 Å². The largest absolute Gasteiger partial charge is 0.534 e. The van der Waals surface area contributed by atoms with E-state index in [-0.39, 0.29) is 40.5 Å². The van der Waals surface area contributed by atoms with E-state index in [1.54, 1.807) is 0 Å². The predicted molar refractivity (Wildman–Crippen MR) is 147 cm³/mol. The van der Waals surface area contributed by atoms with Crippen molar-refractivity contribution in [2.24, 2.45) is 0 Å². The summed E-state index contributed by atoms with van der Waals surface area (Å²) in [5.41, 5.74) is 11.2. The van der Waals surface area contributed by atoms with Crippen molar-refractivity contribution in [3.63, 3.8) is 0 Å². The minimum Gasteiger partial charge on any atom is -0.394 e. The number of H-pyrrole nitrogens is 1. The van der Waals surface area contributed by atoms with Crippen LogP contribution in [0.2, 0.25) is 0 Å². The second kappa shape index (κ2) is 12.3. The normalized spacial score (nSPS) is 28.6. The van der Waals surface area contributed by atoms with E-state index in [2.05, 4.69) is 29.9 Å². The molecular formula is C21H26FN10O11P2+. The summed E-state index contributed by atoms with van der Waals surface area (Å²) < 4.78 is 69.8. The Kier molecular flexibility index (Phi) is 8.61. The van der Waals surface area contributed by atoms with Gasteiger partial charge in [-0.15, -0.1) is 0 Å². The van der Waals surface area contributed by atoms with Gasteiger partial charge in [0.2, 0.25) is 5.95 Å². The number of nitrogens with zero attached hydrogens (tertiary/aromatic N) is 7. The Morgan fingerprint density at radius 3 is 2.64 bits per heavy atom. The fourth-order valence-electron chi connectivity index (χ4n) is 5.13. The van der Waals surface area contributed by atoms with Crippen molar-refractivity contribution in [1.29, 1.82) is 0 Å². The number of hydrogen-bond acceptors (Lipinski definition) is 16. The van der Waals surface area contributed by atoms with Gasteiger partial charge >= 0.3 is 15.9 Å². The highest BCUT2D eigenvalue weighted by Crippen LogP contribution is 2.49. The molecule has 2 aliphatic rings. The molecule has 0 bridgehead atoms. The lowest BCUT2D eigenvalue weighted by Crippen LogP contribution is -2.34. The van der Waals surface area contributed by atoms with Crippen molar-refractivity contribution < 1.29 is 51.7 Å². The number of anilines is 2. The zero-order chi connectivity index (χ0) is 32.0. The molecular weight excluding hydrogens is 649 g/mol. The lowest BCUT2D eigenvalue weighted by Gasteiger charge is -2.22. The van der Waals surface area contributed by atoms with E-state index in [0.717, 1.165) is 6.33 Å². The van der Waals surface area contributed by atoms with Gasteiger partial charge < -0.3 is 35.7 Å². The topological polar surface area (TPSA) is 300 Å². The van der Waals surface area contributed by atoms with Crippen LogP contribution in [-0.2, 0) is 32.4 Å². The van der Waals surface area contributed by atoms with Gasteiger partial charge in [0.15, 0.2) is 35.0 Å². The van der Waals surface area contributed by atoms with Gasteiger partial charge in [0.25, 0.3) is 11.9 Å². The molecule has 2 fully saturated rings. The number of alkyl halides is 1. The first kappa shape index (κ1) is 31.4. The molecule has 2 saturated heterocycles. The Hall–Kier alpha value is -3.56. The van der Waals surface area contributed by atoms with Crippen LogP contribution in [0.3, 0.4) is 0 Å². The lowest BCUT2D eigenvalue weighted by molar-refractivity contribution is -0.0618. The number of nitrogens with two attached hydrogens (primary N) is 2. The highest BCUT2D eigenvalue weighted by Gasteiger charge is 2.50. The van der Waals surface area contributed by atoms with Crippen LogP contribution >= 0.6 is 15.9 Å². The van der Waals surface area contributed by atoms with Gasteiger partial charge in [-0.05, 0) is 4.57 Å². The van der Waals surface area contributed by atoms with Crippen LogP contribution in [0.25, 0.3) is 22.3 Å². The van der Waals surface area contributed by atoms with E-state index < -0.39 is 84.0 Å². The fourth-order valence-corrected chi connectivity index (χ4v) is 6.39. The molecule has 0 saturated carbocycles. The predicted octanol–water partition coefficient (Wildman–Crippen LogP) is -0.781. The van der Waals surface area contributed by atoms with E-state index in [1.807, 2.05) is 0 Å². The molecule has 8 N–H and O–H groups in total. The number of ether oxygens (including phenoxy) is 3. The molecule has 6 heterocycles. The smallest absolute Gasteiger partial charge is 0.394 e. The third-order valence-corrected chi connectivity index (χ3v) is 8.48. The molecule has 45 heavy (non-hydrogen) atoms. The molecule has 0 aliphatic carbocycles. The summed E-state index contributed by atoms with van der Waals surface area (Å²) in [7, 11) is -7.77. The number of imidazole rings is 2. The lowest BCUT2D eigenvalue weighted by atomic mass is 10.1. The van der Waals surface area contributed by atoms with Crippen molar-refractivity contribution >= 4 is 49.9 Å². The molecule has 24 heteroatoms. The summed E-state index contributed by atoms with van der Waals surface area (Å²) in [5.74, 6) is -0.143. The number of hydrogen-bond donors (Lipinski definition) is 6. The van der Waals surface area contributed by atoms with E-state index in [1.165, 1.54) is 21.8 Å². The van der Waals surface area contributed by atoms with Crippen LogP contribution in [0, 0.1) is 0 Å². The first-order valence-electron chi connectivity index (χ1n) is 13.1. The highest BCUT2D eigenvalue weighted by molar-refractivity contribution is 7.47. The number of aromatic amines is 1. The summed E-state index contributed by atoms with van der Waals surface area (Å²) in [5, 5.41) is 9.85. The molecule has 4 aromatic rings. The molecule has 0 aromatic carbocycles. The van der Waals surface area contributed by atoms with Crippen LogP contribution in [0.15, 0.2) is 23.8 Å². The molecule has 9 atom stereocenters. The third-order valence-electron chi connectivity index (χ3n) is 7.10. The molecule has 21 nitrogen and oxygen atoms in total. The van der Waals surface area contributed by atoms with Crippen molar-refractivity contribution in [2.75, 3.05) is 31.0 Å². The summed E-state index contributed by atoms with van der Waals surface area (Å²) in [6, 6.07) is 0. The van der Waals surface area contributed by atoms with Gasteiger partial charge in [-0.25, -0.2) is 28.9 Å². The van der Waals surface area contributed by atoms with E-state index >= 15 is 4.39 Å². The molecule has 9 unspecified atom stereocenters. The van der Waals surface area contributed by atoms with E-state index in [0.29, 0.717) is 0 Å². The first-order chi connectivity index (χ1) is 21.5. The Labute approximate surface area is 250 Å². The van der Waals surface area contributed by atoms with Crippen LogP contribution in [0.1, 0.15) is 18.9 Å². The summed E-state index contributed by atoms with van der Waals surface area (Å²) in [6.45, 7) is -1.39. The van der Waals surface area contributed by atoms with Gasteiger partial charge in [-0.1, -0.05) is 0 Å². The first-order valence-corrected chi connectivity index (χ1v) is 16.0. The standard InChI is InChI=1S/C21H25FN10O11P2/c22-12-15(39-7-44(35)36)10(42-20(12)32-6-27-13-16(23)25-4-26-17(13)32)3-40-45(37,38)43-8-1-11(41-9(8)2-33)31-5-28-14-18(31)29-21(24)30-19(14)34/h4-6,8-12,15,20,33H,1-3,7H2,(H6-,23,24,25,26,29,30,34,35,36,37,38)/p+1. The number of fused-ring (bicyclic) bond motifs is 2. The average Bonchev–Trinajstić information content (AvgIpc) is 3.75. The third kappa shape index (κ3) is 6.17. The van der Waals surface area contributed by atoms with E-state index in [4.69, 9.17) is 34.7 Å². The summed E-state index contributed by atoms with van der Waals surface area (Å²) in [6.07, 6.45) is -6.85. The van der Waals surface area contributed by atoms with Gasteiger partial charge in [0.1, 0.15) is 42.5 Å². The molecule has 6 rings (SSSR count). The SMILES string of the molecule is Nc1nc2c(ncn2C2CC(OP(=O)(O)OCC3OC(n4cnc5c(N)ncnc54)C(F)C3OC[P+](=O)O)C(CO)O2)c(=O)[nH]1. The Morgan fingerprint density at radius 1 is 1.13 bits per heavy atom. The van der Waals surface area contributed by atoms with Gasteiger partial charge in [0.05, 0.1) is 25.9 Å². The molecule has 2 aliphatic heterocycles. The maximum atomic E-state index is 15.7. The van der Waals surface area contributed by atoms with Crippen LogP contribution in [0.4, 0.5) is 16.2 Å². The van der Waals surface area contributed by atoms with Crippen molar-refractivity contribution in [3.05, 3.63) is 29.3 Å². The zero-order valence-electron chi connectivity index (χ0n) is 22.8. The van der Waals surface area contributed by atoms with Crippen LogP contribution in [-0.4, -0.2) is 104 Å². The molecule has 0 radical (unpaired) electrons. The van der Waals surface area contributed by atoms with Gasteiger partial charge in [0, 0.05) is 6.42 Å². The number of nitrogens with one attached hydrogen (secondary N) is 1. The average molecular weight is 675 g/mol. The second-order valence-corrected chi connectivity index (χ2v) is 12.3. The summed E-state index contributed by atoms with van der Waals surface area (Å²) >= 11 is 0. The van der Waals surface area contributed by atoms with Crippen molar-refractivity contribution in [3.8, 4) is 0 Å². The number of rotatable bonds is 11. The minimum absolute atomic E-state index is 0.0305. The summed E-state index contributed by atoms with van der Waals surface area (Å²) in [4.78, 5) is 54.2. The highest BCUT2D eigenvalue weighted by atomic mass is 31.2. The molecule has 242 valence electrons. The minimum atomic E-state index is -4.95. The molecule has 0 spiro atoms. The number of aliphatic hydroxyl groups excluding tert-OH is 1. The number of phosphoric ester groups is 1. The van der Waals surface area contributed by atoms with Crippen LogP contribution in [0.5, 0.6) is 0 Å². The fraction of sp³-hybridized carbons (Fsp3) is 0.524.